The molecule has 1 atom stereocenters. The normalized spacial score (nSPS) is 13.6. The first-order valence-corrected chi connectivity index (χ1v) is 6.49. The molecule has 21 heavy (non-hydrogen) atoms. The molecule has 3 rings (SSSR count). The van der Waals surface area contributed by atoms with E-state index in [1.807, 2.05) is 0 Å². The van der Waals surface area contributed by atoms with Crippen molar-refractivity contribution in [2.24, 2.45) is 0 Å². The summed E-state index contributed by atoms with van der Waals surface area (Å²) in [6, 6.07) is 8.63. The SMILES string of the molecule is C[C@@H](Oc1ccc2c(c1)OCO2)C(=O)Nc1ccncc1. The van der Waals surface area contributed by atoms with E-state index in [0.29, 0.717) is 22.9 Å². The number of benzene rings is 1. The second-order valence-corrected chi connectivity index (χ2v) is 4.50. The van der Waals surface area contributed by atoms with Gasteiger partial charge in [0.05, 0.1) is 0 Å². The van der Waals surface area contributed by atoms with E-state index < -0.39 is 6.10 Å². The predicted octanol–water partition coefficient (Wildman–Crippen LogP) is 2.22. The highest BCUT2D eigenvalue weighted by Crippen LogP contribution is 2.35. The molecular formula is C15H14N2O4. The standard InChI is InChI=1S/C15H14N2O4/c1-10(15(18)17-11-4-6-16-7-5-11)21-12-2-3-13-14(8-12)20-9-19-13/h2-8,10H,9H2,1H3,(H,16,17,18)/t10-/m1/s1. The fraction of sp³-hybridized carbons (Fsp3) is 0.200. The van der Waals surface area contributed by atoms with Crippen LogP contribution in [0.3, 0.4) is 0 Å². The second kappa shape index (κ2) is 5.70. The van der Waals surface area contributed by atoms with Crippen LogP contribution in [0.4, 0.5) is 5.69 Å². The Morgan fingerprint density at radius 2 is 2.00 bits per heavy atom. The van der Waals surface area contributed by atoms with E-state index in [1.54, 1.807) is 49.6 Å². The maximum absolute atomic E-state index is 12.0. The Hall–Kier alpha value is -2.76. The van der Waals surface area contributed by atoms with Crippen LogP contribution in [-0.4, -0.2) is 23.8 Å². The van der Waals surface area contributed by atoms with E-state index in [-0.39, 0.29) is 12.7 Å². The van der Waals surface area contributed by atoms with Crippen molar-refractivity contribution in [3.05, 3.63) is 42.7 Å². The van der Waals surface area contributed by atoms with E-state index in [9.17, 15) is 4.79 Å². The molecule has 0 saturated heterocycles. The zero-order chi connectivity index (χ0) is 14.7. The van der Waals surface area contributed by atoms with Gasteiger partial charge in [-0.1, -0.05) is 0 Å². The number of hydrogen-bond donors (Lipinski definition) is 1. The third-order valence-electron chi connectivity index (χ3n) is 2.97. The zero-order valence-electron chi connectivity index (χ0n) is 11.4. The lowest BCUT2D eigenvalue weighted by Gasteiger charge is -2.14. The maximum atomic E-state index is 12.0. The van der Waals surface area contributed by atoms with Gasteiger partial charge < -0.3 is 19.5 Å². The molecule has 2 aromatic rings. The Labute approximate surface area is 121 Å². The largest absolute Gasteiger partial charge is 0.481 e. The smallest absolute Gasteiger partial charge is 0.265 e. The summed E-state index contributed by atoms with van der Waals surface area (Å²) in [6.45, 7) is 1.89. The van der Waals surface area contributed by atoms with Gasteiger partial charge in [-0.15, -0.1) is 0 Å². The summed E-state index contributed by atoms with van der Waals surface area (Å²) >= 11 is 0. The molecule has 1 amide bonds. The molecule has 1 aromatic carbocycles. The van der Waals surface area contributed by atoms with Crippen LogP contribution in [0.5, 0.6) is 17.2 Å². The van der Waals surface area contributed by atoms with Crippen LogP contribution in [0.2, 0.25) is 0 Å². The van der Waals surface area contributed by atoms with Gasteiger partial charge >= 0.3 is 0 Å². The van der Waals surface area contributed by atoms with Crippen molar-refractivity contribution in [2.45, 2.75) is 13.0 Å². The summed E-state index contributed by atoms with van der Waals surface area (Å²) in [5.41, 5.74) is 0.677. The lowest BCUT2D eigenvalue weighted by molar-refractivity contribution is -0.122. The molecule has 0 spiro atoms. The van der Waals surface area contributed by atoms with E-state index in [1.165, 1.54) is 0 Å². The van der Waals surface area contributed by atoms with Gasteiger partial charge in [-0.05, 0) is 31.2 Å². The summed E-state index contributed by atoms with van der Waals surface area (Å²) in [4.78, 5) is 15.9. The van der Waals surface area contributed by atoms with Crippen molar-refractivity contribution >= 4 is 11.6 Å². The Morgan fingerprint density at radius 3 is 2.81 bits per heavy atom. The number of aromatic nitrogens is 1. The number of nitrogens with zero attached hydrogens (tertiary/aromatic N) is 1. The van der Waals surface area contributed by atoms with Crippen LogP contribution >= 0.6 is 0 Å². The highest BCUT2D eigenvalue weighted by atomic mass is 16.7. The lowest BCUT2D eigenvalue weighted by Crippen LogP contribution is -2.30. The minimum Gasteiger partial charge on any atom is -0.481 e. The molecule has 1 aliphatic rings. The van der Waals surface area contributed by atoms with Gasteiger partial charge in [0.1, 0.15) is 5.75 Å². The first-order chi connectivity index (χ1) is 10.2. The molecular weight excluding hydrogens is 272 g/mol. The summed E-state index contributed by atoms with van der Waals surface area (Å²) in [6.07, 6.45) is 2.58. The minimum absolute atomic E-state index is 0.205. The number of rotatable bonds is 4. The first-order valence-electron chi connectivity index (χ1n) is 6.49. The van der Waals surface area contributed by atoms with Crippen molar-refractivity contribution in [1.29, 1.82) is 0 Å². The summed E-state index contributed by atoms with van der Waals surface area (Å²) in [7, 11) is 0. The van der Waals surface area contributed by atoms with Crippen LogP contribution < -0.4 is 19.5 Å². The van der Waals surface area contributed by atoms with Gasteiger partial charge in [0.2, 0.25) is 6.79 Å². The van der Waals surface area contributed by atoms with Crippen molar-refractivity contribution in [3.63, 3.8) is 0 Å². The molecule has 6 nitrogen and oxygen atoms in total. The zero-order valence-corrected chi connectivity index (χ0v) is 11.4. The topological polar surface area (TPSA) is 69.7 Å². The van der Waals surface area contributed by atoms with Crippen LogP contribution in [0, 0.1) is 0 Å². The van der Waals surface area contributed by atoms with Gasteiger partial charge in [0, 0.05) is 24.1 Å². The first kappa shape index (κ1) is 13.2. The van der Waals surface area contributed by atoms with Crippen molar-refractivity contribution in [1.82, 2.24) is 4.98 Å². The number of ether oxygens (including phenoxy) is 3. The lowest BCUT2D eigenvalue weighted by atomic mass is 10.3. The average molecular weight is 286 g/mol. The third kappa shape index (κ3) is 3.05. The second-order valence-electron chi connectivity index (χ2n) is 4.50. The predicted molar refractivity (Wildman–Crippen MR) is 75.5 cm³/mol. The molecule has 0 radical (unpaired) electrons. The third-order valence-corrected chi connectivity index (χ3v) is 2.97. The quantitative estimate of drug-likeness (QED) is 0.933. The number of fused-ring (bicyclic) bond motifs is 1. The highest BCUT2D eigenvalue weighted by Gasteiger charge is 2.18. The molecule has 0 aliphatic carbocycles. The fourth-order valence-corrected chi connectivity index (χ4v) is 1.89. The molecule has 2 heterocycles. The van der Waals surface area contributed by atoms with Gasteiger partial charge in [-0.2, -0.15) is 0 Å². The van der Waals surface area contributed by atoms with Gasteiger partial charge in [0.15, 0.2) is 17.6 Å². The molecule has 0 fully saturated rings. The minimum atomic E-state index is -0.640. The number of amides is 1. The molecule has 0 saturated carbocycles. The molecule has 1 aromatic heterocycles. The maximum Gasteiger partial charge on any atom is 0.265 e. The molecule has 0 unspecified atom stereocenters. The Balaban J connectivity index is 1.63. The van der Waals surface area contributed by atoms with Crippen LogP contribution in [0.15, 0.2) is 42.7 Å². The van der Waals surface area contributed by atoms with Crippen molar-refractivity contribution in [3.8, 4) is 17.2 Å². The number of hydrogen-bond acceptors (Lipinski definition) is 5. The molecule has 6 heteroatoms. The number of nitrogens with one attached hydrogen (secondary N) is 1. The van der Waals surface area contributed by atoms with E-state index in [2.05, 4.69) is 10.3 Å². The average Bonchev–Trinajstić information content (AvgIpc) is 2.95. The molecule has 1 N–H and O–H groups in total. The van der Waals surface area contributed by atoms with E-state index in [0.717, 1.165) is 0 Å². The van der Waals surface area contributed by atoms with E-state index >= 15 is 0 Å². The molecule has 0 bridgehead atoms. The number of pyridine rings is 1. The van der Waals surface area contributed by atoms with Crippen molar-refractivity contribution in [2.75, 3.05) is 12.1 Å². The summed E-state index contributed by atoms with van der Waals surface area (Å²) < 4.78 is 16.1. The van der Waals surface area contributed by atoms with Gasteiger partial charge in [-0.25, -0.2) is 0 Å². The molecule has 1 aliphatic heterocycles. The van der Waals surface area contributed by atoms with Gasteiger partial charge in [0.25, 0.3) is 5.91 Å². The monoisotopic (exact) mass is 286 g/mol. The van der Waals surface area contributed by atoms with Crippen LogP contribution in [0.1, 0.15) is 6.92 Å². The Morgan fingerprint density at radius 1 is 1.24 bits per heavy atom. The van der Waals surface area contributed by atoms with Crippen LogP contribution in [-0.2, 0) is 4.79 Å². The highest BCUT2D eigenvalue weighted by molar-refractivity contribution is 5.94. The van der Waals surface area contributed by atoms with Crippen molar-refractivity contribution < 1.29 is 19.0 Å². The van der Waals surface area contributed by atoms with Gasteiger partial charge in [-0.3, -0.25) is 9.78 Å². The Kier molecular flexibility index (Phi) is 3.59. The Bertz CT molecular complexity index is 645. The summed E-state index contributed by atoms with van der Waals surface area (Å²) in [5, 5.41) is 2.75. The van der Waals surface area contributed by atoms with E-state index in [4.69, 9.17) is 14.2 Å². The summed E-state index contributed by atoms with van der Waals surface area (Å²) in [5.74, 6) is 1.61. The number of anilines is 1. The number of carbonyl (C=O) groups excluding carboxylic acids is 1. The number of carbonyl (C=O) groups is 1. The van der Waals surface area contributed by atoms with Crippen LogP contribution in [0.25, 0.3) is 0 Å². The fourth-order valence-electron chi connectivity index (χ4n) is 1.89. The molecule has 108 valence electrons.